The first kappa shape index (κ1) is 17.5. The first-order chi connectivity index (χ1) is 11.1. The van der Waals surface area contributed by atoms with E-state index in [-0.39, 0.29) is 36.7 Å². The Balaban J connectivity index is 1.97. The Hall–Kier alpha value is -1.89. The van der Waals surface area contributed by atoms with Crippen LogP contribution >= 0.6 is 12.6 Å². The van der Waals surface area contributed by atoms with Crippen LogP contribution < -0.4 is 0 Å². The van der Waals surface area contributed by atoms with Crippen molar-refractivity contribution in [1.82, 2.24) is 9.80 Å². The summed E-state index contributed by atoms with van der Waals surface area (Å²) < 4.78 is 10.2. The van der Waals surface area contributed by atoms with Crippen LogP contribution in [0.25, 0.3) is 0 Å². The van der Waals surface area contributed by atoms with Crippen LogP contribution in [0.3, 0.4) is 0 Å². The number of thiol groups is 1. The van der Waals surface area contributed by atoms with Crippen molar-refractivity contribution in [2.24, 2.45) is 0 Å². The van der Waals surface area contributed by atoms with Crippen molar-refractivity contribution in [2.75, 3.05) is 32.8 Å². The SMILES string of the molecule is C=CCOC(=O)N1CC=C([C@@H]2C[C@H](S)CN2C(=O)OCC=C)C1. The maximum atomic E-state index is 12.2. The molecule has 0 aromatic carbocycles. The number of ether oxygens (including phenoxy) is 2. The maximum absolute atomic E-state index is 12.2. The number of hydrogen-bond donors (Lipinski definition) is 1. The molecule has 0 saturated carbocycles. The summed E-state index contributed by atoms with van der Waals surface area (Å²) in [7, 11) is 0. The van der Waals surface area contributed by atoms with Gasteiger partial charge in [0.05, 0.1) is 6.04 Å². The molecule has 0 radical (unpaired) electrons. The molecule has 0 unspecified atom stereocenters. The summed E-state index contributed by atoms with van der Waals surface area (Å²) in [6, 6.07) is -0.0907. The zero-order chi connectivity index (χ0) is 16.8. The third-order valence-electron chi connectivity index (χ3n) is 3.80. The molecule has 2 heterocycles. The zero-order valence-electron chi connectivity index (χ0n) is 13.0. The van der Waals surface area contributed by atoms with Gasteiger partial charge in [-0.15, -0.1) is 0 Å². The molecule has 23 heavy (non-hydrogen) atoms. The van der Waals surface area contributed by atoms with Crippen molar-refractivity contribution in [2.45, 2.75) is 17.7 Å². The maximum Gasteiger partial charge on any atom is 0.410 e. The Bertz CT molecular complexity index is 520. The molecule has 126 valence electrons. The molecule has 2 amide bonds. The number of amides is 2. The molecule has 0 bridgehead atoms. The van der Waals surface area contributed by atoms with Gasteiger partial charge < -0.3 is 19.3 Å². The molecule has 0 aromatic heterocycles. The van der Waals surface area contributed by atoms with Gasteiger partial charge in [-0.3, -0.25) is 0 Å². The van der Waals surface area contributed by atoms with Gasteiger partial charge in [0, 0.05) is 24.9 Å². The molecular weight excluding hydrogens is 316 g/mol. The van der Waals surface area contributed by atoms with Crippen LogP contribution in [0.15, 0.2) is 37.0 Å². The Morgan fingerprint density at radius 2 is 1.91 bits per heavy atom. The summed E-state index contributed by atoms with van der Waals surface area (Å²) >= 11 is 4.49. The molecule has 2 rings (SSSR count). The fourth-order valence-electron chi connectivity index (χ4n) is 2.76. The molecule has 1 fully saturated rings. The number of rotatable bonds is 5. The average molecular weight is 338 g/mol. The number of hydrogen-bond acceptors (Lipinski definition) is 5. The highest BCUT2D eigenvalue weighted by Gasteiger charge is 2.38. The van der Waals surface area contributed by atoms with Gasteiger partial charge in [-0.05, 0) is 12.0 Å². The highest BCUT2D eigenvalue weighted by molar-refractivity contribution is 7.81. The van der Waals surface area contributed by atoms with E-state index in [1.165, 1.54) is 12.2 Å². The van der Waals surface area contributed by atoms with E-state index in [1.54, 1.807) is 9.80 Å². The van der Waals surface area contributed by atoms with Gasteiger partial charge >= 0.3 is 12.2 Å². The second kappa shape index (κ2) is 8.10. The lowest BCUT2D eigenvalue weighted by molar-refractivity contribution is 0.110. The van der Waals surface area contributed by atoms with E-state index in [0.29, 0.717) is 19.6 Å². The summed E-state index contributed by atoms with van der Waals surface area (Å²) in [4.78, 5) is 27.3. The number of likely N-dealkylation sites (tertiary alicyclic amines) is 1. The van der Waals surface area contributed by atoms with Gasteiger partial charge in [0.2, 0.25) is 0 Å². The molecule has 2 aliphatic heterocycles. The van der Waals surface area contributed by atoms with Crippen LogP contribution in [0, 0.1) is 0 Å². The standard InChI is InChI=1S/C16H22N2O4S/c1-3-7-21-15(19)17-6-5-12(10-17)14-9-13(23)11-18(14)16(20)22-8-4-2/h3-5,13-14,23H,1-2,6-11H2/t13-,14-/m0/s1. The van der Waals surface area contributed by atoms with Crippen LogP contribution in [0.5, 0.6) is 0 Å². The van der Waals surface area contributed by atoms with E-state index in [9.17, 15) is 9.59 Å². The van der Waals surface area contributed by atoms with Gasteiger partial charge in [0.1, 0.15) is 13.2 Å². The number of carbonyl (C=O) groups excluding carboxylic acids is 2. The van der Waals surface area contributed by atoms with Gasteiger partial charge in [0.15, 0.2) is 0 Å². The monoisotopic (exact) mass is 338 g/mol. The lowest BCUT2D eigenvalue weighted by atomic mass is 10.1. The molecular formula is C16H22N2O4S. The topological polar surface area (TPSA) is 59.1 Å². The smallest absolute Gasteiger partial charge is 0.410 e. The van der Waals surface area contributed by atoms with Crippen LogP contribution in [-0.2, 0) is 9.47 Å². The van der Waals surface area contributed by atoms with Gasteiger partial charge in [-0.1, -0.05) is 31.4 Å². The molecule has 1 saturated heterocycles. The average Bonchev–Trinajstić information content (AvgIpc) is 3.16. The van der Waals surface area contributed by atoms with E-state index in [4.69, 9.17) is 9.47 Å². The van der Waals surface area contributed by atoms with Gasteiger partial charge in [0.25, 0.3) is 0 Å². The first-order valence-electron chi connectivity index (χ1n) is 7.50. The van der Waals surface area contributed by atoms with Crippen LogP contribution in [-0.4, -0.2) is 66.1 Å². The largest absolute Gasteiger partial charge is 0.445 e. The number of nitrogens with zero attached hydrogens (tertiary/aromatic N) is 2. The van der Waals surface area contributed by atoms with Crippen molar-refractivity contribution >= 4 is 24.8 Å². The Labute approximate surface area is 141 Å². The zero-order valence-corrected chi connectivity index (χ0v) is 13.9. The fourth-order valence-corrected chi connectivity index (χ4v) is 3.13. The van der Waals surface area contributed by atoms with E-state index in [1.807, 2.05) is 6.08 Å². The van der Waals surface area contributed by atoms with Crippen molar-refractivity contribution in [3.8, 4) is 0 Å². The van der Waals surface area contributed by atoms with Gasteiger partial charge in [-0.25, -0.2) is 9.59 Å². The summed E-state index contributed by atoms with van der Waals surface area (Å²) in [6.07, 6.45) is 5.03. The van der Waals surface area contributed by atoms with Crippen LogP contribution in [0.1, 0.15) is 6.42 Å². The fraction of sp³-hybridized carbons (Fsp3) is 0.500. The molecule has 2 aliphatic rings. The lowest BCUT2D eigenvalue weighted by Crippen LogP contribution is -2.39. The van der Waals surface area contributed by atoms with Crippen molar-refractivity contribution in [3.63, 3.8) is 0 Å². The third-order valence-corrected chi connectivity index (χ3v) is 4.17. The molecule has 0 aliphatic carbocycles. The summed E-state index contributed by atoms with van der Waals surface area (Å²) in [6.45, 7) is 8.88. The molecule has 7 heteroatoms. The second-order valence-corrected chi connectivity index (χ2v) is 6.18. The van der Waals surface area contributed by atoms with E-state index in [2.05, 4.69) is 25.8 Å². The second-order valence-electron chi connectivity index (χ2n) is 5.45. The van der Waals surface area contributed by atoms with Crippen molar-refractivity contribution in [3.05, 3.63) is 37.0 Å². The lowest BCUT2D eigenvalue weighted by Gasteiger charge is -2.25. The minimum Gasteiger partial charge on any atom is -0.445 e. The first-order valence-corrected chi connectivity index (χ1v) is 8.02. The highest BCUT2D eigenvalue weighted by Crippen LogP contribution is 2.30. The van der Waals surface area contributed by atoms with E-state index >= 15 is 0 Å². The molecule has 0 N–H and O–H groups in total. The Kier molecular flexibility index (Phi) is 6.15. The van der Waals surface area contributed by atoms with Crippen LogP contribution in [0.4, 0.5) is 9.59 Å². The minimum atomic E-state index is -0.377. The molecule has 0 spiro atoms. The normalized spacial score (nSPS) is 23.4. The van der Waals surface area contributed by atoms with Crippen molar-refractivity contribution < 1.29 is 19.1 Å². The minimum absolute atomic E-state index is 0.0907. The molecule has 6 nitrogen and oxygen atoms in total. The third kappa shape index (κ3) is 4.31. The summed E-state index contributed by atoms with van der Waals surface area (Å²) in [5.74, 6) is 0. The summed E-state index contributed by atoms with van der Waals surface area (Å²) in [5.41, 5.74) is 1.02. The number of carbonyl (C=O) groups is 2. The predicted octanol–water partition coefficient (Wildman–Crippen LogP) is 2.25. The highest BCUT2D eigenvalue weighted by atomic mass is 32.1. The molecule has 2 atom stereocenters. The molecule has 0 aromatic rings. The Morgan fingerprint density at radius 3 is 2.57 bits per heavy atom. The van der Waals surface area contributed by atoms with Gasteiger partial charge in [-0.2, -0.15) is 12.6 Å². The van der Waals surface area contributed by atoms with E-state index < -0.39 is 0 Å². The van der Waals surface area contributed by atoms with Crippen molar-refractivity contribution in [1.29, 1.82) is 0 Å². The summed E-state index contributed by atoms with van der Waals surface area (Å²) in [5, 5.41) is 0.0962. The Morgan fingerprint density at radius 1 is 1.26 bits per heavy atom. The van der Waals surface area contributed by atoms with Crippen LogP contribution in [0.2, 0.25) is 0 Å². The van der Waals surface area contributed by atoms with E-state index in [0.717, 1.165) is 12.0 Å². The quantitative estimate of drug-likeness (QED) is 0.617. The predicted molar refractivity (Wildman–Crippen MR) is 90.6 cm³/mol.